The number of nitrogens with zero attached hydrogens (tertiary/aromatic N) is 4. The van der Waals surface area contributed by atoms with Crippen LogP contribution >= 0.6 is 22.9 Å². The molecule has 1 saturated heterocycles. The highest BCUT2D eigenvalue weighted by atomic mass is 35.5. The quantitative estimate of drug-likeness (QED) is 0.268. The number of morpholine rings is 1. The van der Waals surface area contributed by atoms with E-state index >= 15 is 0 Å². The van der Waals surface area contributed by atoms with Gasteiger partial charge in [-0.15, -0.1) is 11.3 Å². The van der Waals surface area contributed by atoms with Gasteiger partial charge in [0.25, 0.3) is 5.56 Å². The Balaban J connectivity index is 1.30. The zero-order chi connectivity index (χ0) is 30.5. The number of aryl methyl sites for hydroxylation is 1. The fourth-order valence-electron chi connectivity index (χ4n) is 5.89. The Morgan fingerprint density at radius 2 is 1.95 bits per heavy atom. The van der Waals surface area contributed by atoms with Gasteiger partial charge in [-0.1, -0.05) is 11.6 Å². The molecule has 0 unspecified atom stereocenters. The third-order valence-corrected chi connectivity index (χ3v) is 9.40. The lowest BCUT2D eigenvalue weighted by Gasteiger charge is -2.47. The van der Waals surface area contributed by atoms with Gasteiger partial charge in [0, 0.05) is 71.0 Å². The Labute approximate surface area is 254 Å². The Morgan fingerprint density at radius 1 is 1.16 bits per heavy atom. The Hall–Kier alpha value is -3.19. The monoisotopic (exact) mass is 634 g/mol. The SMILES string of the molecule is Cc1cc(Cl)cc(-c2ccnc3cc(Cn4c(=O)ccn(CC(F)(F)F)c4=O)sc23)c1OC1CC(N2CCOC[C@@H]2C)C1. The minimum absolute atomic E-state index is 0.0544. The maximum Gasteiger partial charge on any atom is 0.406 e. The van der Waals surface area contributed by atoms with E-state index in [-0.39, 0.29) is 12.6 Å². The Bertz CT molecular complexity index is 1780. The summed E-state index contributed by atoms with van der Waals surface area (Å²) in [7, 11) is 0. The average Bonchev–Trinajstić information content (AvgIpc) is 3.34. The number of hydrogen-bond acceptors (Lipinski definition) is 7. The first-order valence-corrected chi connectivity index (χ1v) is 15.2. The number of rotatable bonds is 7. The molecule has 228 valence electrons. The summed E-state index contributed by atoms with van der Waals surface area (Å²) in [5.41, 5.74) is 1.45. The van der Waals surface area contributed by atoms with E-state index in [2.05, 4.69) is 16.8 Å². The minimum atomic E-state index is -4.60. The number of aromatic nitrogens is 3. The molecule has 1 aliphatic heterocycles. The molecule has 1 saturated carbocycles. The summed E-state index contributed by atoms with van der Waals surface area (Å²) in [4.78, 5) is 32.8. The van der Waals surface area contributed by atoms with E-state index in [1.807, 2.05) is 25.1 Å². The second kappa shape index (κ2) is 11.7. The second-order valence-corrected chi connectivity index (χ2v) is 12.8. The first-order valence-electron chi connectivity index (χ1n) is 14.0. The van der Waals surface area contributed by atoms with E-state index in [1.54, 1.807) is 12.3 Å². The summed E-state index contributed by atoms with van der Waals surface area (Å²) in [6.07, 6.45) is -0.180. The van der Waals surface area contributed by atoms with E-state index in [9.17, 15) is 22.8 Å². The molecule has 0 N–H and O–H groups in total. The molecule has 4 heterocycles. The molecule has 0 spiro atoms. The van der Waals surface area contributed by atoms with Crippen LogP contribution in [0.4, 0.5) is 13.2 Å². The van der Waals surface area contributed by atoms with Crippen molar-refractivity contribution in [1.29, 1.82) is 0 Å². The van der Waals surface area contributed by atoms with E-state index in [0.29, 0.717) is 32.1 Å². The van der Waals surface area contributed by atoms with Crippen LogP contribution in [0.15, 0.2) is 52.3 Å². The molecule has 43 heavy (non-hydrogen) atoms. The van der Waals surface area contributed by atoms with Crippen LogP contribution in [-0.2, 0) is 17.8 Å². The molecular weight excluding hydrogens is 605 g/mol. The van der Waals surface area contributed by atoms with Gasteiger partial charge in [-0.2, -0.15) is 13.2 Å². The molecular formula is C30H30ClF3N4O4S. The van der Waals surface area contributed by atoms with Gasteiger partial charge in [0.1, 0.15) is 18.4 Å². The maximum atomic E-state index is 13.0. The topological polar surface area (TPSA) is 78.6 Å². The predicted octanol–water partition coefficient (Wildman–Crippen LogP) is 5.49. The van der Waals surface area contributed by atoms with E-state index in [0.717, 1.165) is 76.6 Å². The molecule has 0 amide bonds. The molecule has 1 aromatic carbocycles. The lowest BCUT2D eigenvalue weighted by molar-refractivity contribution is -0.141. The van der Waals surface area contributed by atoms with Crippen molar-refractivity contribution < 1.29 is 22.6 Å². The first kappa shape index (κ1) is 29.9. The van der Waals surface area contributed by atoms with Crippen molar-refractivity contribution in [2.75, 3.05) is 19.8 Å². The normalized spacial score (nSPS) is 21.2. The number of hydrogen-bond donors (Lipinski definition) is 0. The Morgan fingerprint density at radius 3 is 2.70 bits per heavy atom. The van der Waals surface area contributed by atoms with Gasteiger partial charge >= 0.3 is 11.9 Å². The number of pyridine rings is 1. The van der Waals surface area contributed by atoms with Crippen molar-refractivity contribution >= 4 is 33.2 Å². The predicted molar refractivity (Wildman–Crippen MR) is 159 cm³/mol. The van der Waals surface area contributed by atoms with Gasteiger partial charge in [-0.25, -0.2) is 4.79 Å². The number of ether oxygens (including phenoxy) is 2. The smallest absolute Gasteiger partial charge is 0.406 e. The average molecular weight is 635 g/mol. The summed E-state index contributed by atoms with van der Waals surface area (Å²) in [6, 6.07) is 9.13. The molecule has 13 heteroatoms. The van der Waals surface area contributed by atoms with Crippen molar-refractivity contribution in [1.82, 2.24) is 19.0 Å². The number of fused-ring (bicyclic) bond motifs is 1. The van der Waals surface area contributed by atoms with Crippen molar-refractivity contribution in [3.05, 3.63) is 79.0 Å². The van der Waals surface area contributed by atoms with Gasteiger partial charge < -0.3 is 9.47 Å². The van der Waals surface area contributed by atoms with Gasteiger partial charge in [0.05, 0.1) is 30.0 Å². The van der Waals surface area contributed by atoms with Gasteiger partial charge in [0.2, 0.25) is 0 Å². The largest absolute Gasteiger partial charge is 0.489 e. The summed E-state index contributed by atoms with van der Waals surface area (Å²) >= 11 is 7.83. The van der Waals surface area contributed by atoms with Gasteiger partial charge in [-0.05, 0) is 43.7 Å². The molecule has 1 aliphatic carbocycles. The number of alkyl halides is 3. The number of benzene rings is 1. The van der Waals surface area contributed by atoms with E-state index < -0.39 is 24.0 Å². The van der Waals surface area contributed by atoms with Crippen LogP contribution in [0.5, 0.6) is 5.75 Å². The first-order chi connectivity index (χ1) is 20.5. The van der Waals surface area contributed by atoms with Crippen LogP contribution in [0.3, 0.4) is 0 Å². The highest BCUT2D eigenvalue weighted by molar-refractivity contribution is 7.19. The molecule has 1 atom stereocenters. The summed E-state index contributed by atoms with van der Waals surface area (Å²) < 4.78 is 53.1. The van der Waals surface area contributed by atoms with Crippen LogP contribution in [-0.4, -0.2) is 63.1 Å². The van der Waals surface area contributed by atoms with Crippen LogP contribution < -0.4 is 16.0 Å². The van der Waals surface area contributed by atoms with Crippen molar-refractivity contribution in [3.63, 3.8) is 0 Å². The number of thiophene rings is 1. The molecule has 3 aromatic heterocycles. The van der Waals surface area contributed by atoms with Crippen molar-refractivity contribution in [3.8, 4) is 16.9 Å². The van der Waals surface area contributed by atoms with Crippen LogP contribution in [0.25, 0.3) is 21.3 Å². The minimum Gasteiger partial charge on any atom is -0.489 e. The lowest BCUT2D eigenvalue weighted by Crippen LogP contribution is -2.56. The Kier molecular flexibility index (Phi) is 8.14. The van der Waals surface area contributed by atoms with E-state index in [4.69, 9.17) is 21.1 Å². The van der Waals surface area contributed by atoms with Crippen LogP contribution in [0.1, 0.15) is 30.2 Å². The zero-order valence-electron chi connectivity index (χ0n) is 23.6. The summed E-state index contributed by atoms with van der Waals surface area (Å²) in [6.45, 7) is 4.89. The zero-order valence-corrected chi connectivity index (χ0v) is 25.1. The van der Waals surface area contributed by atoms with Gasteiger partial charge in [-0.3, -0.25) is 23.8 Å². The highest BCUT2D eigenvalue weighted by Gasteiger charge is 2.38. The fraction of sp³-hybridized carbons (Fsp3) is 0.433. The molecule has 2 aliphatic rings. The van der Waals surface area contributed by atoms with Gasteiger partial charge in [0.15, 0.2) is 0 Å². The molecule has 4 aromatic rings. The third-order valence-electron chi connectivity index (χ3n) is 8.04. The fourth-order valence-corrected chi connectivity index (χ4v) is 7.29. The standard InChI is InChI=1S/C30H30ClF3N4O4S/c1-17-9-19(31)10-24(27(17)42-21-11-20(12-21)37-7-8-41-15-18(37)2)23-3-5-35-25-13-22(43-28(23)25)14-38-26(39)4-6-36(29(38)40)16-30(32,33)34/h3-6,9-10,13,18,20-21H,7-8,11-12,14-16H2,1-2H3/t18-,20?,21?/m0/s1. The molecule has 0 bridgehead atoms. The van der Waals surface area contributed by atoms with Crippen molar-refractivity contribution in [2.24, 2.45) is 0 Å². The highest BCUT2D eigenvalue weighted by Crippen LogP contribution is 2.43. The van der Waals surface area contributed by atoms with Crippen molar-refractivity contribution in [2.45, 2.75) is 64.1 Å². The summed E-state index contributed by atoms with van der Waals surface area (Å²) in [5.74, 6) is 0.736. The molecule has 6 rings (SSSR count). The van der Waals surface area contributed by atoms with E-state index in [1.165, 1.54) is 11.3 Å². The lowest BCUT2D eigenvalue weighted by atomic mass is 9.86. The maximum absolute atomic E-state index is 13.0. The summed E-state index contributed by atoms with van der Waals surface area (Å²) in [5, 5.41) is 0.552. The van der Waals surface area contributed by atoms with Crippen LogP contribution in [0, 0.1) is 6.92 Å². The molecule has 8 nitrogen and oxygen atoms in total. The third kappa shape index (κ3) is 6.24. The number of halogens is 4. The molecule has 0 radical (unpaired) electrons. The molecule has 2 fully saturated rings. The van der Waals surface area contributed by atoms with Crippen LogP contribution in [0.2, 0.25) is 5.02 Å². The second-order valence-electron chi connectivity index (χ2n) is 11.2.